The van der Waals surface area contributed by atoms with Gasteiger partial charge >= 0.3 is 80.9 Å². The number of aromatic hydroxyl groups is 4. The SMILES string of the molecule is O=c1[nH]c2sc(Cl)c(-c3ccc4c(c3O)CCCC4)c2c(O)c1-c1cccc(F)c1.O=c1[nH]c2sc(Cl)c(-c3ccc4c(c3O)CCCC4)c2c([O-])c1-c1ccccc1.O=c1[nH]c2sc(Cl)c(-c3ccc4c(c3O)CCCC4)c2c([O-])c1-c1ccccc1.[K+].[Na+]. The molecule has 7 N–H and O–H groups in total. The first-order valence-electron chi connectivity index (χ1n) is 28.6. The molecule has 3 aliphatic carbocycles. The van der Waals surface area contributed by atoms with Gasteiger partial charge < -0.3 is 45.6 Å². The number of hydrogen-bond donors (Lipinski definition) is 7. The molecule has 444 valence electrons. The third-order valence-electron chi connectivity index (χ3n) is 16.9. The summed E-state index contributed by atoms with van der Waals surface area (Å²) in [7, 11) is 0. The van der Waals surface area contributed by atoms with Crippen molar-refractivity contribution in [2.45, 2.75) is 77.0 Å². The Morgan fingerprint density at radius 2 is 0.733 bits per heavy atom. The van der Waals surface area contributed by atoms with Crippen LogP contribution in [0.4, 0.5) is 4.39 Å². The van der Waals surface area contributed by atoms with Gasteiger partial charge in [0.25, 0.3) is 16.7 Å². The fourth-order valence-corrected chi connectivity index (χ4v) is 16.8. The Hall–Kier alpha value is -5.71. The van der Waals surface area contributed by atoms with E-state index in [9.17, 15) is 49.4 Å². The minimum absolute atomic E-state index is 0. The smallest absolute Gasteiger partial charge is 0.871 e. The molecule has 6 heterocycles. The van der Waals surface area contributed by atoms with Crippen LogP contribution in [-0.2, 0) is 38.5 Å². The maximum Gasteiger partial charge on any atom is 1.00 e. The van der Waals surface area contributed by atoms with Crippen LogP contribution >= 0.6 is 68.8 Å². The van der Waals surface area contributed by atoms with Gasteiger partial charge in [-0.2, -0.15) is 0 Å². The quantitative estimate of drug-likeness (QED) is 0.0785. The van der Waals surface area contributed by atoms with Crippen molar-refractivity contribution in [3.8, 4) is 101 Å². The van der Waals surface area contributed by atoms with Crippen LogP contribution in [-0.4, -0.2) is 35.4 Å². The second kappa shape index (κ2) is 27.5. The molecule has 0 aliphatic heterocycles. The third kappa shape index (κ3) is 12.1. The molecular formula is C69H51Cl3FKN3NaO9S3. The molecule has 15 rings (SSSR count). The van der Waals surface area contributed by atoms with Crippen molar-refractivity contribution in [3.63, 3.8) is 0 Å². The molecular weight excluding hydrogens is 1300 g/mol. The number of pyridine rings is 3. The molecule has 0 unspecified atom stereocenters. The zero-order chi connectivity index (χ0) is 61.2. The van der Waals surface area contributed by atoms with Gasteiger partial charge in [-0.1, -0.05) is 155 Å². The Morgan fingerprint density at radius 3 is 1.11 bits per heavy atom. The second-order valence-electron chi connectivity index (χ2n) is 22.0. The van der Waals surface area contributed by atoms with Crippen LogP contribution in [0, 0.1) is 5.82 Å². The molecule has 12 aromatic rings. The monoisotopic (exact) mass is 1350 g/mol. The first kappa shape index (κ1) is 65.8. The maximum absolute atomic E-state index is 13.7. The first-order valence-corrected chi connectivity index (χ1v) is 32.2. The van der Waals surface area contributed by atoms with Crippen molar-refractivity contribution in [2.24, 2.45) is 0 Å². The summed E-state index contributed by atoms with van der Waals surface area (Å²) in [4.78, 5) is 47.5. The maximum atomic E-state index is 13.7. The summed E-state index contributed by atoms with van der Waals surface area (Å²) in [6.45, 7) is 0. The summed E-state index contributed by atoms with van der Waals surface area (Å²) in [5, 5.41) is 71.9. The number of nitrogens with one attached hydrogen (secondary N) is 3. The van der Waals surface area contributed by atoms with Crippen LogP contribution in [0.15, 0.2) is 136 Å². The molecule has 21 heteroatoms. The molecule has 0 bridgehead atoms. The van der Waals surface area contributed by atoms with Crippen molar-refractivity contribution in [2.75, 3.05) is 0 Å². The molecule has 0 amide bonds. The number of benzene rings is 6. The molecule has 90 heavy (non-hydrogen) atoms. The number of thiophene rings is 3. The zero-order valence-electron chi connectivity index (χ0n) is 48.6. The Kier molecular flexibility index (Phi) is 20.1. The van der Waals surface area contributed by atoms with Crippen LogP contribution in [0.25, 0.3) is 97.4 Å². The molecule has 0 spiro atoms. The van der Waals surface area contributed by atoms with Gasteiger partial charge in [0.05, 0.1) is 10.9 Å². The number of phenolic OH excluding ortho intramolecular Hbond substituents is 3. The van der Waals surface area contributed by atoms with Crippen molar-refractivity contribution >= 4 is 99.5 Å². The van der Waals surface area contributed by atoms with E-state index in [-0.39, 0.29) is 138 Å². The van der Waals surface area contributed by atoms with Gasteiger partial charge in [0.2, 0.25) is 0 Å². The molecule has 6 aromatic heterocycles. The molecule has 3 aliphatic rings. The predicted molar refractivity (Wildman–Crippen MR) is 350 cm³/mol. The minimum atomic E-state index is -0.537. The number of rotatable bonds is 6. The van der Waals surface area contributed by atoms with Gasteiger partial charge in [0.15, 0.2) is 0 Å². The zero-order valence-corrected chi connectivity index (χ0v) is 58.4. The number of fused-ring (bicyclic) bond motifs is 6. The van der Waals surface area contributed by atoms with Crippen LogP contribution in [0.2, 0.25) is 13.0 Å². The predicted octanol–water partition coefficient (Wildman–Crippen LogP) is 10.5. The number of phenols is 3. The summed E-state index contributed by atoms with van der Waals surface area (Å²) in [5.41, 5.74) is 9.37. The number of aromatic nitrogens is 3. The number of aryl methyl sites for hydroxylation is 3. The van der Waals surface area contributed by atoms with E-state index in [1.165, 1.54) is 18.2 Å². The van der Waals surface area contributed by atoms with Crippen LogP contribution in [0.3, 0.4) is 0 Å². The number of halogens is 4. The summed E-state index contributed by atoms with van der Waals surface area (Å²) in [5.74, 6) is -0.995. The number of aromatic amines is 3. The van der Waals surface area contributed by atoms with E-state index < -0.39 is 22.5 Å². The Bertz CT molecular complexity index is 4790. The number of H-pyrrole nitrogens is 3. The van der Waals surface area contributed by atoms with Gasteiger partial charge in [-0.3, -0.25) is 14.4 Å². The van der Waals surface area contributed by atoms with Crippen molar-refractivity contribution in [3.05, 3.63) is 205 Å². The fourth-order valence-electron chi connectivity index (χ4n) is 12.7. The molecule has 0 saturated heterocycles. The fraction of sp³-hybridized carbons (Fsp3) is 0.174. The van der Waals surface area contributed by atoms with E-state index in [1.807, 2.05) is 42.5 Å². The first-order chi connectivity index (χ1) is 42.6. The Morgan fingerprint density at radius 1 is 0.400 bits per heavy atom. The van der Waals surface area contributed by atoms with E-state index in [4.69, 9.17) is 34.8 Å². The molecule has 0 atom stereocenters. The summed E-state index contributed by atoms with van der Waals surface area (Å²) in [6.07, 6.45) is 11.6. The van der Waals surface area contributed by atoms with E-state index in [2.05, 4.69) is 15.0 Å². The topological polar surface area (TPSA) is 226 Å². The van der Waals surface area contributed by atoms with E-state index >= 15 is 0 Å². The van der Waals surface area contributed by atoms with E-state index in [1.54, 1.807) is 60.7 Å². The summed E-state index contributed by atoms with van der Waals surface area (Å²) >= 11 is 23.0. The Balaban J connectivity index is 0.000000137. The van der Waals surface area contributed by atoms with E-state index in [0.29, 0.717) is 88.2 Å². The second-order valence-corrected chi connectivity index (χ2v) is 26.9. The van der Waals surface area contributed by atoms with Crippen molar-refractivity contribution in [1.82, 2.24) is 15.0 Å². The Labute approximate surface area is 606 Å². The van der Waals surface area contributed by atoms with E-state index in [0.717, 1.165) is 144 Å². The minimum Gasteiger partial charge on any atom is -0.871 e. The van der Waals surface area contributed by atoms with Crippen molar-refractivity contribution < 1.29 is 116 Å². The van der Waals surface area contributed by atoms with Gasteiger partial charge in [-0.25, -0.2) is 4.39 Å². The summed E-state index contributed by atoms with van der Waals surface area (Å²) in [6, 6.07) is 34.7. The van der Waals surface area contributed by atoms with Crippen LogP contribution in [0.5, 0.6) is 34.5 Å². The molecule has 12 nitrogen and oxygen atoms in total. The summed E-state index contributed by atoms with van der Waals surface area (Å²) < 4.78 is 14.8. The van der Waals surface area contributed by atoms with Crippen LogP contribution in [0.1, 0.15) is 71.9 Å². The van der Waals surface area contributed by atoms with Gasteiger partial charge in [-0.05, 0) is 139 Å². The molecule has 0 fully saturated rings. The van der Waals surface area contributed by atoms with Crippen molar-refractivity contribution in [1.29, 1.82) is 0 Å². The van der Waals surface area contributed by atoms with Gasteiger partial charge in [0.1, 0.15) is 56.3 Å². The third-order valence-corrected chi connectivity index (χ3v) is 20.8. The van der Waals surface area contributed by atoms with Gasteiger partial charge in [0, 0.05) is 55.3 Å². The average molecular weight is 1350 g/mol. The van der Waals surface area contributed by atoms with Gasteiger partial charge in [-0.15, -0.1) is 34.0 Å². The standard InChI is InChI=1S/C23H17ClFNO3S.2C23H18ClNO3S.K.Na/c24-21-17(15-9-8-11-4-1-2-7-14(11)19(15)27)18-20(28)16(22(29)26-23(18)30-21)12-5-3-6-13(25)10-12;2*24-21-17(15-11-10-12-6-4-5-9-14(12)19(15)26)18-20(27)16(13-7-2-1-3-8-13)22(28)25-23(18)29-21;;/h3,5-6,8-10,27H,1-2,4,7H2,(H2,26,28,29);2*1-3,7-8,10-11,26H,4-6,9H2,(H2,25,27,28);;/q;;;2*+1/p-2. The largest absolute Gasteiger partial charge is 1.00 e. The van der Waals surface area contributed by atoms with Crippen LogP contribution < -0.4 is 108 Å². The average Bonchev–Trinajstić information content (AvgIpc) is 1.63. The molecule has 0 radical (unpaired) electrons. The molecule has 0 saturated carbocycles. The normalized spacial score (nSPS) is 13.2. The molecule has 6 aromatic carbocycles. The number of hydrogen-bond acceptors (Lipinski definition) is 12.